The van der Waals surface area contributed by atoms with Gasteiger partial charge in [-0.2, -0.15) is 13.2 Å². The van der Waals surface area contributed by atoms with E-state index in [-0.39, 0.29) is 32.5 Å². The lowest BCUT2D eigenvalue weighted by molar-refractivity contribution is -0.203. The smallest absolute Gasteiger partial charge is 0.415 e. The van der Waals surface area contributed by atoms with Gasteiger partial charge in [0, 0.05) is 25.2 Å². The molecule has 0 radical (unpaired) electrons. The number of aliphatic hydroxyl groups is 2. The van der Waals surface area contributed by atoms with Crippen molar-refractivity contribution in [2.75, 3.05) is 26.2 Å². The van der Waals surface area contributed by atoms with Crippen LogP contribution in [0.5, 0.6) is 0 Å². The number of halogens is 3. The lowest BCUT2D eigenvalue weighted by Gasteiger charge is -2.42. The van der Waals surface area contributed by atoms with Crippen LogP contribution in [0.2, 0.25) is 0 Å². The summed E-state index contributed by atoms with van der Waals surface area (Å²) < 4.78 is 42.2. The molecule has 1 aliphatic rings. The molecule has 136 valence electrons. The van der Waals surface area contributed by atoms with Gasteiger partial charge < -0.3 is 25.2 Å². The van der Waals surface area contributed by atoms with Crippen LogP contribution in [0.1, 0.15) is 33.6 Å². The van der Waals surface area contributed by atoms with Crippen molar-refractivity contribution in [1.82, 2.24) is 10.2 Å². The van der Waals surface area contributed by atoms with Gasteiger partial charge in [-0.1, -0.05) is 0 Å². The van der Waals surface area contributed by atoms with Gasteiger partial charge in [0.2, 0.25) is 0 Å². The minimum Gasteiger partial charge on any atom is -0.444 e. The Morgan fingerprint density at radius 3 is 2.22 bits per heavy atom. The van der Waals surface area contributed by atoms with Gasteiger partial charge in [-0.05, 0) is 33.6 Å². The fourth-order valence-corrected chi connectivity index (χ4v) is 2.26. The molecule has 1 fully saturated rings. The minimum atomic E-state index is -4.71. The Morgan fingerprint density at radius 2 is 1.83 bits per heavy atom. The zero-order valence-corrected chi connectivity index (χ0v) is 13.6. The predicted octanol–water partition coefficient (Wildman–Crippen LogP) is 1.26. The molecule has 0 bridgehead atoms. The Labute approximate surface area is 133 Å². The molecule has 1 saturated heterocycles. The van der Waals surface area contributed by atoms with Crippen molar-refractivity contribution in [2.24, 2.45) is 0 Å². The monoisotopic (exact) mass is 342 g/mol. The molecule has 1 heterocycles. The summed E-state index contributed by atoms with van der Waals surface area (Å²) in [7, 11) is 0. The number of carbonyl (C=O) groups is 1. The maximum absolute atomic E-state index is 12.3. The number of nitrogens with zero attached hydrogens (tertiary/aromatic N) is 1. The third kappa shape index (κ3) is 6.15. The van der Waals surface area contributed by atoms with Crippen LogP contribution in [0.3, 0.4) is 0 Å². The molecule has 1 amide bonds. The van der Waals surface area contributed by atoms with Gasteiger partial charge in [0.05, 0.1) is 6.61 Å². The van der Waals surface area contributed by atoms with Gasteiger partial charge in [0.1, 0.15) is 5.60 Å². The molecule has 6 nitrogen and oxygen atoms in total. The van der Waals surface area contributed by atoms with Gasteiger partial charge in [0.15, 0.2) is 6.10 Å². The lowest BCUT2D eigenvalue weighted by Crippen LogP contribution is -2.59. The fraction of sp³-hybridized carbons (Fsp3) is 0.929. The number of alkyl halides is 3. The zero-order valence-electron chi connectivity index (χ0n) is 13.6. The highest BCUT2D eigenvalue weighted by Gasteiger charge is 2.41. The van der Waals surface area contributed by atoms with Crippen molar-refractivity contribution in [3.05, 3.63) is 0 Å². The summed E-state index contributed by atoms with van der Waals surface area (Å²) in [6, 6.07) is 0. The first kappa shape index (κ1) is 20.0. The Morgan fingerprint density at radius 1 is 1.30 bits per heavy atom. The van der Waals surface area contributed by atoms with Crippen LogP contribution in [0.4, 0.5) is 18.0 Å². The van der Waals surface area contributed by atoms with Crippen LogP contribution in [0.15, 0.2) is 0 Å². The number of aliphatic hydroxyl groups excluding tert-OH is 2. The van der Waals surface area contributed by atoms with E-state index in [2.05, 4.69) is 5.32 Å². The van der Waals surface area contributed by atoms with Gasteiger partial charge in [-0.3, -0.25) is 0 Å². The number of hydrogen-bond donors (Lipinski definition) is 3. The highest BCUT2D eigenvalue weighted by Crippen LogP contribution is 2.25. The summed E-state index contributed by atoms with van der Waals surface area (Å²) in [5, 5.41) is 21.1. The summed E-state index contributed by atoms with van der Waals surface area (Å²) in [6.45, 7) is 4.66. The molecule has 0 aromatic heterocycles. The van der Waals surface area contributed by atoms with Crippen molar-refractivity contribution in [3.63, 3.8) is 0 Å². The first-order chi connectivity index (χ1) is 10.4. The van der Waals surface area contributed by atoms with E-state index in [4.69, 9.17) is 9.84 Å². The molecule has 0 aromatic rings. The number of likely N-dealkylation sites (tertiary alicyclic amines) is 1. The third-order valence-electron chi connectivity index (χ3n) is 3.72. The molecule has 3 N–H and O–H groups in total. The standard InChI is InChI=1S/C14H25F3N2O4/c1-12(2,3)23-11(22)19-6-4-13(9-20,5-7-19)18-8-10(21)14(15,16)17/h10,18,20-21H,4-9H2,1-3H3. The molecule has 23 heavy (non-hydrogen) atoms. The highest BCUT2D eigenvalue weighted by molar-refractivity contribution is 5.68. The Bertz CT molecular complexity index is 402. The van der Waals surface area contributed by atoms with Crippen LogP contribution in [0.25, 0.3) is 0 Å². The lowest BCUT2D eigenvalue weighted by atomic mass is 9.88. The molecule has 1 unspecified atom stereocenters. The molecule has 0 aliphatic carbocycles. The number of β-amino-alcohol motifs (C(OH)–C–C–N with tert-alkyl or cyclic N) is 1. The zero-order chi connectivity index (χ0) is 17.9. The number of carbonyl (C=O) groups excluding carboxylic acids is 1. The highest BCUT2D eigenvalue weighted by atomic mass is 19.4. The topological polar surface area (TPSA) is 82.0 Å². The summed E-state index contributed by atoms with van der Waals surface area (Å²) >= 11 is 0. The second kappa shape index (κ2) is 7.23. The SMILES string of the molecule is CC(C)(C)OC(=O)N1CCC(CO)(NCC(O)C(F)(F)F)CC1. The Balaban J connectivity index is 2.55. The molecule has 9 heteroatoms. The molecule has 0 aromatic carbocycles. The summed E-state index contributed by atoms with van der Waals surface area (Å²) in [5.74, 6) is 0. The number of amides is 1. The van der Waals surface area contributed by atoms with Gasteiger partial charge in [-0.25, -0.2) is 4.79 Å². The summed E-state index contributed by atoms with van der Waals surface area (Å²) in [6.07, 6.45) is -7.14. The van der Waals surface area contributed by atoms with Crippen LogP contribution < -0.4 is 5.32 Å². The summed E-state index contributed by atoms with van der Waals surface area (Å²) in [5.41, 5.74) is -1.57. The van der Waals surface area contributed by atoms with E-state index in [9.17, 15) is 23.1 Å². The van der Waals surface area contributed by atoms with Gasteiger partial charge in [-0.15, -0.1) is 0 Å². The van der Waals surface area contributed by atoms with Crippen LogP contribution in [-0.2, 0) is 4.74 Å². The van der Waals surface area contributed by atoms with E-state index in [0.29, 0.717) is 0 Å². The third-order valence-corrected chi connectivity index (χ3v) is 3.72. The van der Waals surface area contributed by atoms with Crippen LogP contribution in [0, 0.1) is 0 Å². The van der Waals surface area contributed by atoms with Crippen molar-refractivity contribution in [2.45, 2.75) is 57.0 Å². The van der Waals surface area contributed by atoms with Crippen molar-refractivity contribution in [1.29, 1.82) is 0 Å². The quantitative estimate of drug-likeness (QED) is 0.717. The predicted molar refractivity (Wildman–Crippen MR) is 76.9 cm³/mol. The van der Waals surface area contributed by atoms with E-state index >= 15 is 0 Å². The Kier molecular flexibility index (Phi) is 6.28. The molecule has 1 rings (SSSR count). The maximum atomic E-state index is 12.3. The van der Waals surface area contributed by atoms with Gasteiger partial charge >= 0.3 is 12.3 Å². The normalized spacial score (nSPS) is 20.3. The van der Waals surface area contributed by atoms with E-state index in [0.717, 1.165) is 0 Å². The van der Waals surface area contributed by atoms with E-state index in [1.165, 1.54) is 4.90 Å². The van der Waals surface area contributed by atoms with E-state index in [1.807, 2.05) is 0 Å². The molecular weight excluding hydrogens is 317 g/mol. The molecule has 1 atom stereocenters. The van der Waals surface area contributed by atoms with Crippen molar-refractivity contribution in [3.8, 4) is 0 Å². The second-order valence-corrected chi connectivity index (χ2v) is 6.84. The summed E-state index contributed by atoms with van der Waals surface area (Å²) in [4.78, 5) is 13.4. The first-order valence-corrected chi connectivity index (χ1v) is 7.47. The van der Waals surface area contributed by atoms with Crippen LogP contribution in [-0.4, -0.2) is 70.9 Å². The molecule has 1 aliphatic heterocycles. The number of rotatable bonds is 4. The number of nitrogens with one attached hydrogen (secondary N) is 1. The average molecular weight is 342 g/mol. The average Bonchev–Trinajstić information content (AvgIpc) is 2.42. The number of ether oxygens (including phenoxy) is 1. The van der Waals surface area contributed by atoms with Crippen molar-refractivity contribution < 1.29 is 32.9 Å². The molecule has 0 spiro atoms. The van der Waals surface area contributed by atoms with E-state index < -0.39 is 36.1 Å². The van der Waals surface area contributed by atoms with E-state index in [1.54, 1.807) is 20.8 Å². The maximum Gasteiger partial charge on any atom is 0.415 e. The van der Waals surface area contributed by atoms with Crippen LogP contribution >= 0.6 is 0 Å². The number of hydrogen-bond acceptors (Lipinski definition) is 5. The van der Waals surface area contributed by atoms with Gasteiger partial charge in [0.25, 0.3) is 0 Å². The fourth-order valence-electron chi connectivity index (χ4n) is 2.26. The number of piperidine rings is 1. The second-order valence-electron chi connectivity index (χ2n) is 6.84. The minimum absolute atomic E-state index is 0.255. The Hall–Kier alpha value is -1.06. The molecular formula is C14H25F3N2O4. The van der Waals surface area contributed by atoms with Crippen molar-refractivity contribution >= 4 is 6.09 Å². The first-order valence-electron chi connectivity index (χ1n) is 7.47. The largest absolute Gasteiger partial charge is 0.444 e. The molecule has 0 saturated carbocycles.